The third-order valence-electron chi connectivity index (χ3n) is 4.76. The van der Waals surface area contributed by atoms with Crippen LogP contribution in [0.4, 0.5) is 25.8 Å². The fraction of sp³-hybridized carbons (Fsp3) is 0.217. The van der Waals surface area contributed by atoms with Gasteiger partial charge in [0.2, 0.25) is 0 Å². The highest BCUT2D eigenvalue weighted by molar-refractivity contribution is 6.31. The lowest BCUT2D eigenvalue weighted by Gasteiger charge is -2.20. The van der Waals surface area contributed by atoms with Gasteiger partial charge in [-0.05, 0) is 41.8 Å². The Bertz CT molecular complexity index is 1030. The lowest BCUT2D eigenvalue weighted by Crippen LogP contribution is -2.21. The van der Waals surface area contributed by atoms with E-state index in [9.17, 15) is 8.78 Å². The van der Waals surface area contributed by atoms with Crippen LogP contribution in [0.1, 0.15) is 36.2 Å². The fourth-order valence-electron chi connectivity index (χ4n) is 3.28. The molecule has 0 bridgehead atoms. The van der Waals surface area contributed by atoms with E-state index in [1.807, 2.05) is 31.2 Å². The third kappa shape index (κ3) is 5.20. The van der Waals surface area contributed by atoms with Crippen molar-refractivity contribution in [2.45, 2.75) is 25.9 Å². The van der Waals surface area contributed by atoms with Crippen LogP contribution in [0, 0.1) is 11.6 Å². The zero-order chi connectivity index (χ0) is 21.7. The number of nitrogens with one attached hydrogen (secondary N) is 2. The van der Waals surface area contributed by atoms with Crippen LogP contribution in [-0.4, -0.2) is 6.54 Å². The van der Waals surface area contributed by atoms with Gasteiger partial charge in [0.05, 0.1) is 5.69 Å². The van der Waals surface area contributed by atoms with Crippen LogP contribution >= 0.6 is 11.6 Å². The van der Waals surface area contributed by atoms with E-state index in [2.05, 4.69) is 10.6 Å². The van der Waals surface area contributed by atoms with Crippen LogP contribution in [0.25, 0.3) is 0 Å². The maximum Gasteiger partial charge on any atom is 0.149 e. The molecular weight excluding hydrogens is 406 g/mol. The number of para-hydroxylation sites is 1. The molecule has 0 aliphatic carbocycles. The first-order valence-corrected chi connectivity index (χ1v) is 10.1. The molecule has 0 aromatic heterocycles. The monoisotopic (exact) mass is 430 g/mol. The Kier molecular flexibility index (Phi) is 7.13. The van der Waals surface area contributed by atoms with Crippen LogP contribution < -0.4 is 22.1 Å². The van der Waals surface area contributed by atoms with Crippen LogP contribution in [0.15, 0.2) is 54.6 Å². The molecule has 7 heteroatoms. The summed E-state index contributed by atoms with van der Waals surface area (Å²) in [6.45, 7) is 2.58. The van der Waals surface area contributed by atoms with Gasteiger partial charge < -0.3 is 22.1 Å². The molecule has 0 spiro atoms. The predicted octanol–water partition coefficient (Wildman–Crippen LogP) is 5.68. The molecule has 1 atom stereocenters. The van der Waals surface area contributed by atoms with Crippen LogP contribution in [0.3, 0.4) is 0 Å². The summed E-state index contributed by atoms with van der Waals surface area (Å²) in [6.07, 6.45) is 0.568. The topological polar surface area (TPSA) is 76.1 Å². The van der Waals surface area contributed by atoms with Gasteiger partial charge in [-0.2, -0.15) is 0 Å². The summed E-state index contributed by atoms with van der Waals surface area (Å²) in [7, 11) is 0. The second kappa shape index (κ2) is 9.78. The largest absolute Gasteiger partial charge is 0.399 e. The van der Waals surface area contributed by atoms with E-state index < -0.39 is 17.8 Å². The van der Waals surface area contributed by atoms with Crippen LogP contribution in [0.2, 0.25) is 5.02 Å². The Balaban J connectivity index is 1.89. The van der Waals surface area contributed by atoms with Crippen molar-refractivity contribution in [3.8, 4) is 0 Å². The molecule has 0 heterocycles. The summed E-state index contributed by atoms with van der Waals surface area (Å²) in [6, 6.07) is 14.9. The Morgan fingerprint density at radius 2 is 1.80 bits per heavy atom. The second-order valence-electron chi connectivity index (χ2n) is 7.09. The molecule has 0 fully saturated rings. The highest BCUT2D eigenvalue weighted by Crippen LogP contribution is 2.30. The van der Waals surface area contributed by atoms with Gasteiger partial charge in [-0.1, -0.05) is 42.8 Å². The van der Waals surface area contributed by atoms with Gasteiger partial charge in [0, 0.05) is 41.0 Å². The van der Waals surface area contributed by atoms with E-state index in [1.165, 1.54) is 6.07 Å². The molecule has 30 heavy (non-hydrogen) atoms. The molecule has 0 amide bonds. The van der Waals surface area contributed by atoms with E-state index >= 15 is 0 Å². The van der Waals surface area contributed by atoms with E-state index in [4.69, 9.17) is 23.1 Å². The first-order chi connectivity index (χ1) is 14.4. The number of nitrogen functional groups attached to an aromatic ring is 1. The maximum atomic E-state index is 14.4. The van der Waals surface area contributed by atoms with Gasteiger partial charge in [0.1, 0.15) is 17.8 Å². The average Bonchev–Trinajstić information content (AvgIpc) is 2.68. The molecular formula is C23H25ClF2N4. The number of nitrogens with two attached hydrogens (primary N) is 2. The lowest BCUT2D eigenvalue weighted by molar-refractivity contribution is 0.582. The van der Waals surface area contributed by atoms with Crippen molar-refractivity contribution in [2.75, 3.05) is 22.9 Å². The van der Waals surface area contributed by atoms with Crippen molar-refractivity contribution in [3.05, 3.63) is 87.9 Å². The van der Waals surface area contributed by atoms with Gasteiger partial charge in [-0.15, -0.1) is 0 Å². The molecule has 3 rings (SSSR count). The average molecular weight is 431 g/mol. The van der Waals surface area contributed by atoms with Crippen molar-refractivity contribution in [3.63, 3.8) is 0 Å². The highest BCUT2D eigenvalue weighted by atomic mass is 35.5. The summed E-state index contributed by atoms with van der Waals surface area (Å²) < 4.78 is 28.3. The van der Waals surface area contributed by atoms with E-state index in [1.54, 1.807) is 18.2 Å². The van der Waals surface area contributed by atoms with Gasteiger partial charge in [0.25, 0.3) is 0 Å². The minimum atomic E-state index is -0.611. The summed E-state index contributed by atoms with van der Waals surface area (Å²) in [5.74, 6) is -1.21. The summed E-state index contributed by atoms with van der Waals surface area (Å²) >= 11 is 6.27. The Morgan fingerprint density at radius 1 is 1.03 bits per heavy atom. The van der Waals surface area contributed by atoms with Crippen molar-refractivity contribution in [2.24, 2.45) is 5.73 Å². The zero-order valence-corrected chi connectivity index (χ0v) is 17.4. The molecule has 0 radical (unpaired) electrons. The fourth-order valence-corrected chi connectivity index (χ4v) is 3.58. The Labute approximate surface area is 180 Å². The van der Waals surface area contributed by atoms with Gasteiger partial charge in [-0.25, -0.2) is 8.78 Å². The molecule has 0 saturated heterocycles. The number of hydrogen-bond acceptors (Lipinski definition) is 4. The number of anilines is 3. The van der Waals surface area contributed by atoms with Gasteiger partial charge in [0.15, 0.2) is 0 Å². The first kappa shape index (κ1) is 21.9. The second-order valence-corrected chi connectivity index (χ2v) is 7.49. The number of rotatable bonds is 8. The van der Waals surface area contributed by atoms with E-state index in [-0.39, 0.29) is 0 Å². The van der Waals surface area contributed by atoms with Gasteiger partial charge >= 0.3 is 0 Å². The highest BCUT2D eigenvalue weighted by Gasteiger charge is 2.15. The zero-order valence-electron chi connectivity index (χ0n) is 16.7. The SMILES string of the molecule is CCCNc1c(F)cc(F)cc1Cc1ccccc1NC(N)c1ccc(N)cc1Cl. The van der Waals surface area contributed by atoms with Crippen LogP contribution in [0.5, 0.6) is 0 Å². The third-order valence-corrected chi connectivity index (χ3v) is 5.08. The summed E-state index contributed by atoms with van der Waals surface area (Å²) in [4.78, 5) is 0. The number of halogens is 3. The van der Waals surface area contributed by atoms with E-state index in [0.717, 1.165) is 23.7 Å². The minimum Gasteiger partial charge on any atom is -0.399 e. The lowest BCUT2D eigenvalue weighted by atomic mass is 10.0. The van der Waals surface area contributed by atoms with Crippen molar-refractivity contribution in [1.82, 2.24) is 0 Å². The van der Waals surface area contributed by atoms with E-state index in [0.29, 0.717) is 40.5 Å². The molecule has 6 N–H and O–H groups in total. The van der Waals surface area contributed by atoms with Gasteiger partial charge in [-0.3, -0.25) is 0 Å². The molecule has 0 aliphatic rings. The maximum absolute atomic E-state index is 14.4. The molecule has 3 aromatic rings. The summed E-state index contributed by atoms with van der Waals surface area (Å²) in [5.41, 5.74) is 15.8. The predicted molar refractivity (Wildman–Crippen MR) is 121 cm³/mol. The van der Waals surface area contributed by atoms with Crippen molar-refractivity contribution in [1.29, 1.82) is 0 Å². The quantitative estimate of drug-likeness (QED) is 0.274. The molecule has 158 valence electrons. The molecule has 0 saturated carbocycles. The Hall–Kier alpha value is -2.83. The first-order valence-electron chi connectivity index (χ1n) is 9.75. The Morgan fingerprint density at radius 3 is 2.53 bits per heavy atom. The molecule has 3 aromatic carbocycles. The molecule has 4 nitrogen and oxygen atoms in total. The minimum absolute atomic E-state index is 0.318. The molecule has 1 unspecified atom stereocenters. The van der Waals surface area contributed by atoms with Crippen molar-refractivity contribution < 1.29 is 8.78 Å². The normalized spacial score (nSPS) is 11.9. The van der Waals surface area contributed by atoms with Crippen LogP contribution in [-0.2, 0) is 6.42 Å². The smallest absolute Gasteiger partial charge is 0.149 e. The number of hydrogen-bond donors (Lipinski definition) is 4. The summed E-state index contributed by atoms with van der Waals surface area (Å²) in [5, 5.41) is 6.77. The standard InChI is InChI=1S/C23H25ClF2N4/c1-2-9-29-22-15(11-16(25)12-20(22)26)10-14-5-3-4-6-21(14)30-23(28)18-8-7-17(27)13-19(18)24/h3-8,11-13,23,29-30H,2,9-10,27-28H2,1H3. The number of benzene rings is 3. The molecule has 0 aliphatic heterocycles. The van der Waals surface area contributed by atoms with Crippen molar-refractivity contribution >= 4 is 28.7 Å².